The zero-order valence-corrected chi connectivity index (χ0v) is 18.5. The fraction of sp³-hybridized carbons (Fsp3) is 0.423. The van der Waals surface area contributed by atoms with Crippen molar-refractivity contribution in [2.45, 2.75) is 45.3 Å². The molecule has 2 aliphatic rings. The molecule has 0 aliphatic carbocycles. The molecule has 31 heavy (non-hydrogen) atoms. The summed E-state index contributed by atoms with van der Waals surface area (Å²) in [6.07, 6.45) is 5.02. The van der Waals surface area contributed by atoms with Crippen molar-refractivity contribution in [1.29, 1.82) is 0 Å². The van der Waals surface area contributed by atoms with E-state index in [2.05, 4.69) is 18.3 Å². The van der Waals surface area contributed by atoms with E-state index in [0.717, 1.165) is 72.5 Å². The summed E-state index contributed by atoms with van der Waals surface area (Å²) < 4.78 is 6.50. The van der Waals surface area contributed by atoms with E-state index < -0.39 is 0 Å². The lowest BCUT2D eigenvalue weighted by Gasteiger charge is -2.40. The van der Waals surface area contributed by atoms with Gasteiger partial charge < -0.3 is 20.1 Å². The summed E-state index contributed by atoms with van der Waals surface area (Å²) >= 11 is 0. The van der Waals surface area contributed by atoms with Crippen LogP contribution in [-0.4, -0.2) is 47.7 Å². The lowest BCUT2D eigenvalue weighted by Crippen LogP contribution is -2.46. The minimum absolute atomic E-state index is 0.00720. The smallest absolute Gasteiger partial charge is 0.253 e. The van der Waals surface area contributed by atoms with Crippen molar-refractivity contribution in [3.63, 3.8) is 0 Å². The Morgan fingerprint density at radius 3 is 2.52 bits per heavy atom. The number of fused-ring (bicyclic) bond motifs is 1. The summed E-state index contributed by atoms with van der Waals surface area (Å²) in [7, 11) is 0. The lowest BCUT2D eigenvalue weighted by molar-refractivity contribution is 0.0764. The topological polar surface area (TPSA) is 61.8 Å². The third kappa shape index (κ3) is 4.39. The second-order valence-electron chi connectivity index (χ2n) is 8.43. The van der Waals surface area contributed by atoms with Crippen LogP contribution in [0, 0.1) is 0 Å². The molecule has 1 amide bonds. The number of carbonyl (C=O) groups is 1. The van der Waals surface area contributed by atoms with Gasteiger partial charge >= 0.3 is 0 Å². The molecule has 1 fully saturated rings. The molecule has 1 saturated heterocycles. The van der Waals surface area contributed by atoms with Crippen molar-refractivity contribution in [3.05, 3.63) is 70.8 Å². The number of rotatable bonds is 6. The molecule has 2 aromatic carbocycles. The minimum Gasteiger partial charge on any atom is -0.482 e. The summed E-state index contributed by atoms with van der Waals surface area (Å²) in [6.45, 7) is 7.42. The van der Waals surface area contributed by atoms with E-state index in [4.69, 9.17) is 4.74 Å². The molecule has 2 N–H and O–H groups in total. The van der Waals surface area contributed by atoms with Crippen LogP contribution in [0.25, 0.3) is 5.57 Å². The quantitative estimate of drug-likeness (QED) is 0.742. The van der Waals surface area contributed by atoms with E-state index in [1.165, 1.54) is 0 Å². The number of carbonyl (C=O) groups excluding carboxylic acids is 1. The van der Waals surface area contributed by atoms with Crippen molar-refractivity contribution in [1.82, 2.24) is 10.2 Å². The molecule has 0 saturated carbocycles. The van der Waals surface area contributed by atoms with Gasteiger partial charge in [-0.15, -0.1) is 0 Å². The number of aliphatic hydroxyl groups excluding tert-OH is 1. The minimum atomic E-state index is -0.337. The normalized spacial score (nSPS) is 16.9. The second-order valence-corrected chi connectivity index (χ2v) is 8.43. The Morgan fingerprint density at radius 1 is 1.13 bits per heavy atom. The highest BCUT2D eigenvalue weighted by molar-refractivity contribution is 5.95. The van der Waals surface area contributed by atoms with Gasteiger partial charge in [-0.2, -0.15) is 0 Å². The van der Waals surface area contributed by atoms with E-state index >= 15 is 0 Å². The van der Waals surface area contributed by atoms with Gasteiger partial charge in [0.05, 0.1) is 6.61 Å². The highest BCUT2D eigenvalue weighted by Crippen LogP contribution is 2.43. The van der Waals surface area contributed by atoms with Crippen molar-refractivity contribution in [2.24, 2.45) is 0 Å². The standard InChI is InChI=1S/C26H32N2O3/c1-3-15-28(4-2)25(30)21-8-6-20(7-9-21)23-17-26(11-13-27-14-12-26)31-24-16-19(18-29)5-10-22(23)24/h5-10,16-17,27,29H,3-4,11-15,18H2,1-2H3. The molecule has 0 unspecified atom stereocenters. The van der Waals surface area contributed by atoms with Crippen molar-refractivity contribution in [2.75, 3.05) is 26.2 Å². The van der Waals surface area contributed by atoms with Gasteiger partial charge in [0, 0.05) is 37.1 Å². The van der Waals surface area contributed by atoms with Gasteiger partial charge in [0.1, 0.15) is 11.4 Å². The van der Waals surface area contributed by atoms with Crippen LogP contribution in [0.3, 0.4) is 0 Å². The Hall–Kier alpha value is -2.63. The molecule has 2 aromatic rings. The zero-order chi connectivity index (χ0) is 21.8. The van der Waals surface area contributed by atoms with Gasteiger partial charge in [0.2, 0.25) is 0 Å². The number of benzene rings is 2. The average molecular weight is 421 g/mol. The van der Waals surface area contributed by atoms with Gasteiger partial charge in [0.15, 0.2) is 0 Å². The number of nitrogens with one attached hydrogen (secondary N) is 1. The molecular weight excluding hydrogens is 388 g/mol. The van der Waals surface area contributed by atoms with Crippen LogP contribution in [0.1, 0.15) is 60.2 Å². The summed E-state index contributed by atoms with van der Waals surface area (Å²) in [5.41, 5.74) is 4.47. The largest absolute Gasteiger partial charge is 0.482 e. The molecule has 0 aromatic heterocycles. The average Bonchev–Trinajstić information content (AvgIpc) is 2.81. The number of piperidine rings is 1. The van der Waals surface area contributed by atoms with Crippen LogP contribution in [0.4, 0.5) is 0 Å². The Labute approximate surface area is 184 Å². The summed E-state index contributed by atoms with van der Waals surface area (Å²) in [5, 5.41) is 13.0. The van der Waals surface area contributed by atoms with Crippen LogP contribution in [-0.2, 0) is 6.61 Å². The number of ether oxygens (including phenoxy) is 1. The molecule has 1 spiro atoms. The Morgan fingerprint density at radius 2 is 1.87 bits per heavy atom. The fourth-order valence-electron chi connectivity index (χ4n) is 4.54. The molecule has 0 radical (unpaired) electrons. The molecule has 4 rings (SSSR count). The number of aliphatic hydroxyl groups is 1. The predicted molar refractivity (Wildman–Crippen MR) is 123 cm³/mol. The molecule has 5 heteroatoms. The van der Waals surface area contributed by atoms with Gasteiger partial charge in [-0.3, -0.25) is 4.79 Å². The van der Waals surface area contributed by atoms with Gasteiger partial charge in [-0.05, 0) is 67.4 Å². The Balaban J connectivity index is 1.70. The number of hydrogen-bond acceptors (Lipinski definition) is 4. The SMILES string of the molecule is CCCN(CC)C(=O)c1ccc(C2=CC3(CCNCC3)Oc3cc(CO)ccc32)cc1. The van der Waals surface area contributed by atoms with Crippen LogP contribution < -0.4 is 10.1 Å². The third-order valence-electron chi connectivity index (χ3n) is 6.29. The maximum absolute atomic E-state index is 12.8. The molecule has 0 bridgehead atoms. The summed E-state index contributed by atoms with van der Waals surface area (Å²) in [6, 6.07) is 13.9. The molecule has 164 valence electrons. The number of amides is 1. The maximum Gasteiger partial charge on any atom is 0.253 e. The van der Waals surface area contributed by atoms with Crippen LogP contribution in [0.2, 0.25) is 0 Å². The van der Waals surface area contributed by atoms with Gasteiger partial charge in [-0.25, -0.2) is 0 Å². The first kappa shape index (κ1) is 21.6. The number of nitrogens with zero attached hydrogens (tertiary/aromatic N) is 1. The number of hydrogen-bond donors (Lipinski definition) is 2. The first-order valence-electron chi connectivity index (χ1n) is 11.4. The van der Waals surface area contributed by atoms with E-state index in [0.29, 0.717) is 6.54 Å². The van der Waals surface area contributed by atoms with Crippen LogP contribution in [0.5, 0.6) is 5.75 Å². The Bertz CT molecular complexity index is 959. The fourth-order valence-corrected chi connectivity index (χ4v) is 4.54. The molecule has 5 nitrogen and oxygen atoms in total. The maximum atomic E-state index is 12.8. The highest BCUT2D eigenvalue weighted by Gasteiger charge is 2.37. The van der Waals surface area contributed by atoms with Gasteiger partial charge in [-0.1, -0.05) is 31.2 Å². The monoisotopic (exact) mass is 420 g/mol. The molecule has 0 atom stereocenters. The van der Waals surface area contributed by atoms with Crippen molar-refractivity contribution < 1.29 is 14.6 Å². The first-order valence-corrected chi connectivity index (χ1v) is 11.4. The van der Waals surface area contributed by atoms with Crippen LogP contribution in [0.15, 0.2) is 48.5 Å². The van der Waals surface area contributed by atoms with E-state index in [1.54, 1.807) is 0 Å². The summed E-state index contributed by atoms with van der Waals surface area (Å²) in [5.74, 6) is 0.908. The van der Waals surface area contributed by atoms with Crippen molar-refractivity contribution >= 4 is 11.5 Å². The lowest BCUT2D eigenvalue weighted by atomic mass is 9.83. The molecular formula is C26H32N2O3. The first-order chi connectivity index (χ1) is 15.1. The highest BCUT2D eigenvalue weighted by atomic mass is 16.5. The van der Waals surface area contributed by atoms with Gasteiger partial charge in [0.25, 0.3) is 5.91 Å². The van der Waals surface area contributed by atoms with E-state index in [-0.39, 0.29) is 18.1 Å². The van der Waals surface area contributed by atoms with E-state index in [9.17, 15) is 9.90 Å². The zero-order valence-electron chi connectivity index (χ0n) is 18.5. The second kappa shape index (κ2) is 9.25. The third-order valence-corrected chi connectivity index (χ3v) is 6.29. The van der Waals surface area contributed by atoms with Crippen molar-refractivity contribution in [3.8, 4) is 5.75 Å². The van der Waals surface area contributed by atoms with E-state index in [1.807, 2.05) is 54.3 Å². The van der Waals surface area contributed by atoms with Crippen LogP contribution >= 0.6 is 0 Å². The molecule has 2 heterocycles. The predicted octanol–water partition coefficient (Wildman–Crippen LogP) is 4.00. The Kier molecular flexibility index (Phi) is 6.44. The molecule has 2 aliphatic heterocycles. The summed E-state index contributed by atoms with van der Waals surface area (Å²) in [4.78, 5) is 14.7.